The topological polar surface area (TPSA) is 57.2 Å². The van der Waals surface area contributed by atoms with Crippen LogP contribution in [0.1, 0.15) is 30.1 Å². The molecule has 3 aromatic heterocycles. The Morgan fingerprint density at radius 3 is 2.74 bits per heavy atom. The molecule has 0 amide bonds. The molecule has 0 spiro atoms. The third-order valence-corrected chi connectivity index (χ3v) is 5.45. The van der Waals surface area contributed by atoms with Gasteiger partial charge in [-0.05, 0) is 37.6 Å². The SMILES string of the molecule is Cc1ccccc1OC(C)c1nnc(SCc2cn3ccccc3n2)n1C. The molecule has 0 aliphatic carbocycles. The smallest absolute Gasteiger partial charge is 0.191 e. The summed E-state index contributed by atoms with van der Waals surface area (Å²) >= 11 is 1.62. The number of imidazole rings is 1. The van der Waals surface area contributed by atoms with Crippen LogP contribution in [0.4, 0.5) is 0 Å². The highest BCUT2D eigenvalue weighted by molar-refractivity contribution is 7.98. The minimum atomic E-state index is -0.187. The van der Waals surface area contributed by atoms with E-state index in [1.807, 2.05) is 84.7 Å². The maximum Gasteiger partial charge on any atom is 0.191 e. The van der Waals surface area contributed by atoms with Gasteiger partial charge in [0.1, 0.15) is 11.4 Å². The number of aryl methyl sites for hydroxylation is 1. The first-order valence-electron chi connectivity index (χ1n) is 8.79. The number of hydrogen-bond donors (Lipinski definition) is 0. The van der Waals surface area contributed by atoms with E-state index in [0.717, 1.165) is 39.4 Å². The molecule has 0 saturated carbocycles. The highest BCUT2D eigenvalue weighted by atomic mass is 32.2. The van der Waals surface area contributed by atoms with Gasteiger partial charge in [0.25, 0.3) is 0 Å². The highest BCUT2D eigenvalue weighted by Gasteiger charge is 2.18. The quantitative estimate of drug-likeness (QED) is 0.470. The molecule has 4 aromatic rings. The zero-order valence-corrected chi connectivity index (χ0v) is 16.3. The van der Waals surface area contributed by atoms with Gasteiger partial charge in [0.05, 0.1) is 5.69 Å². The van der Waals surface area contributed by atoms with Crippen LogP contribution in [0.15, 0.2) is 60.0 Å². The molecule has 0 aliphatic rings. The molecule has 7 heteroatoms. The number of pyridine rings is 1. The first-order valence-corrected chi connectivity index (χ1v) is 9.77. The van der Waals surface area contributed by atoms with Crippen LogP contribution in [0, 0.1) is 6.92 Å². The molecule has 0 fully saturated rings. The molecule has 3 heterocycles. The van der Waals surface area contributed by atoms with Gasteiger partial charge in [0.2, 0.25) is 0 Å². The van der Waals surface area contributed by atoms with Crippen LogP contribution in [0.3, 0.4) is 0 Å². The number of rotatable bonds is 6. The monoisotopic (exact) mass is 379 g/mol. The summed E-state index contributed by atoms with van der Waals surface area (Å²) in [7, 11) is 1.97. The molecular weight excluding hydrogens is 358 g/mol. The number of fused-ring (bicyclic) bond motifs is 1. The van der Waals surface area contributed by atoms with Gasteiger partial charge in [-0.2, -0.15) is 0 Å². The molecule has 0 aliphatic heterocycles. The zero-order valence-electron chi connectivity index (χ0n) is 15.5. The van der Waals surface area contributed by atoms with Gasteiger partial charge in [-0.1, -0.05) is 36.0 Å². The Bertz CT molecular complexity index is 1040. The Morgan fingerprint density at radius 2 is 1.93 bits per heavy atom. The summed E-state index contributed by atoms with van der Waals surface area (Å²) in [6.45, 7) is 4.03. The fourth-order valence-electron chi connectivity index (χ4n) is 2.93. The standard InChI is InChI=1S/C20H21N5OS/c1-14-8-4-5-9-17(14)26-15(2)19-22-23-20(24(19)3)27-13-16-12-25-11-7-6-10-18(25)21-16/h4-12,15H,13H2,1-3H3. The first kappa shape index (κ1) is 17.6. The van der Waals surface area contributed by atoms with Crippen molar-refractivity contribution in [3.05, 3.63) is 71.9 Å². The molecular formula is C20H21N5OS. The van der Waals surface area contributed by atoms with E-state index >= 15 is 0 Å². The number of hydrogen-bond acceptors (Lipinski definition) is 5. The molecule has 1 unspecified atom stereocenters. The van der Waals surface area contributed by atoms with Crippen LogP contribution < -0.4 is 4.74 Å². The summed E-state index contributed by atoms with van der Waals surface area (Å²) in [4.78, 5) is 4.62. The first-order chi connectivity index (χ1) is 13.1. The third-order valence-electron chi connectivity index (χ3n) is 4.39. The minimum Gasteiger partial charge on any atom is -0.482 e. The van der Waals surface area contributed by atoms with Gasteiger partial charge in [-0.3, -0.25) is 0 Å². The Balaban J connectivity index is 1.46. The summed E-state index contributed by atoms with van der Waals surface area (Å²) in [5.41, 5.74) is 3.07. The lowest BCUT2D eigenvalue weighted by molar-refractivity contribution is 0.210. The highest BCUT2D eigenvalue weighted by Crippen LogP contribution is 2.26. The summed E-state index contributed by atoms with van der Waals surface area (Å²) in [6.07, 6.45) is 3.86. The van der Waals surface area contributed by atoms with Crippen molar-refractivity contribution in [1.29, 1.82) is 0 Å². The number of thioether (sulfide) groups is 1. The van der Waals surface area contributed by atoms with E-state index in [2.05, 4.69) is 15.2 Å². The predicted octanol–water partition coefficient (Wildman–Crippen LogP) is 4.20. The van der Waals surface area contributed by atoms with E-state index < -0.39 is 0 Å². The van der Waals surface area contributed by atoms with Gasteiger partial charge in [0.15, 0.2) is 17.1 Å². The molecule has 138 valence electrons. The van der Waals surface area contributed by atoms with Gasteiger partial charge in [-0.25, -0.2) is 4.98 Å². The van der Waals surface area contributed by atoms with Gasteiger partial charge >= 0.3 is 0 Å². The number of aromatic nitrogens is 5. The molecule has 6 nitrogen and oxygen atoms in total. The fraction of sp³-hybridized carbons (Fsp3) is 0.250. The van der Waals surface area contributed by atoms with Crippen molar-refractivity contribution in [2.75, 3.05) is 0 Å². The van der Waals surface area contributed by atoms with Gasteiger partial charge in [-0.15, -0.1) is 10.2 Å². The Hall–Kier alpha value is -2.80. The van der Waals surface area contributed by atoms with Crippen molar-refractivity contribution < 1.29 is 4.74 Å². The van der Waals surface area contributed by atoms with Crippen molar-refractivity contribution in [2.24, 2.45) is 7.05 Å². The summed E-state index contributed by atoms with van der Waals surface area (Å²) in [6, 6.07) is 14.0. The number of ether oxygens (including phenoxy) is 1. The number of para-hydroxylation sites is 1. The van der Waals surface area contributed by atoms with Crippen LogP contribution in [0.5, 0.6) is 5.75 Å². The maximum atomic E-state index is 6.08. The largest absolute Gasteiger partial charge is 0.482 e. The van der Waals surface area contributed by atoms with Crippen LogP contribution in [0.25, 0.3) is 5.65 Å². The molecule has 0 bridgehead atoms. The van der Waals surface area contributed by atoms with Crippen molar-refractivity contribution in [1.82, 2.24) is 24.1 Å². The lowest BCUT2D eigenvalue weighted by Gasteiger charge is -2.15. The van der Waals surface area contributed by atoms with Crippen LogP contribution in [0.2, 0.25) is 0 Å². The summed E-state index contributed by atoms with van der Waals surface area (Å²) < 4.78 is 10.1. The Labute approximate surface area is 162 Å². The molecule has 0 saturated heterocycles. The van der Waals surface area contributed by atoms with E-state index in [1.165, 1.54) is 0 Å². The zero-order chi connectivity index (χ0) is 18.8. The Morgan fingerprint density at radius 1 is 1.11 bits per heavy atom. The van der Waals surface area contributed by atoms with Crippen molar-refractivity contribution in [3.8, 4) is 5.75 Å². The second-order valence-electron chi connectivity index (χ2n) is 6.41. The van der Waals surface area contributed by atoms with Gasteiger partial charge < -0.3 is 13.7 Å². The third kappa shape index (κ3) is 3.68. The van der Waals surface area contributed by atoms with Gasteiger partial charge in [0, 0.05) is 25.2 Å². The van der Waals surface area contributed by atoms with Crippen LogP contribution >= 0.6 is 11.8 Å². The lowest BCUT2D eigenvalue weighted by atomic mass is 10.2. The predicted molar refractivity (Wildman–Crippen MR) is 106 cm³/mol. The normalized spacial score (nSPS) is 12.4. The molecule has 4 rings (SSSR count). The molecule has 27 heavy (non-hydrogen) atoms. The summed E-state index contributed by atoms with van der Waals surface area (Å²) in [5.74, 6) is 2.41. The average Bonchev–Trinajstić information content (AvgIpc) is 3.25. The second-order valence-corrected chi connectivity index (χ2v) is 7.35. The van der Waals surface area contributed by atoms with E-state index in [9.17, 15) is 0 Å². The average molecular weight is 379 g/mol. The molecule has 0 N–H and O–H groups in total. The van der Waals surface area contributed by atoms with E-state index in [0.29, 0.717) is 0 Å². The second kappa shape index (κ2) is 7.44. The summed E-state index contributed by atoms with van der Waals surface area (Å²) in [5, 5.41) is 9.52. The van der Waals surface area contributed by atoms with Crippen molar-refractivity contribution in [2.45, 2.75) is 30.9 Å². The van der Waals surface area contributed by atoms with E-state index in [-0.39, 0.29) is 6.10 Å². The fourth-order valence-corrected chi connectivity index (χ4v) is 3.73. The Kier molecular flexibility index (Phi) is 4.85. The lowest BCUT2D eigenvalue weighted by Crippen LogP contribution is -2.10. The molecule has 1 aromatic carbocycles. The van der Waals surface area contributed by atoms with Crippen molar-refractivity contribution >= 4 is 17.4 Å². The van der Waals surface area contributed by atoms with E-state index in [1.54, 1.807) is 11.8 Å². The molecule has 0 radical (unpaired) electrons. The maximum absolute atomic E-state index is 6.08. The van der Waals surface area contributed by atoms with Crippen LogP contribution in [-0.2, 0) is 12.8 Å². The van der Waals surface area contributed by atoms with Crippen molar-refractivity contribution in [3.63, 3.8) is 0 Å². The van der Waals surface area contributed by atoms with Crippen LogP contribution in [-0.4, -0.2) is 24.1 Å². The molecule has 1 atom stereocenters. The minimum absolute atomic E-state index is 0.187. The van der Waals surface area contributed by atoms with E-state index in [4.69, 9.17) is 4.74 Å². The number of nitrogens with zero attached hydrogens (tertiary/aromatic N) is 5. The number of benzene rings is 1.